The Bertz CT molecular complexity index is 502. The Morgan fingerprint density at radius 3 is 2.62 bits per heavy atom. The maximum Gasteiger partial charge on any atom is 0.303 e. The van der Waals surface area contributed by atoms with Crippen molar-refractivity contribution in [1.82, 2.24) is 5.32 Å². The summed E-state index contributed by atoms with van der Waals surface area (Å²) < 4.78 is 0.955. The van der Waals surface area contributed by atoms with Gasteiger partial charge >= 0.3 is 5.97 Å². The van der Waals surface area contributed by atoms with Crippen molar-refractivity contribution in [3.63, 3.8) is 0 Å². The van der Waals surface area contributed by atoms with Crippen LogP contribution in [0.4, 0.5) is 0 Å². The Hall–Kier alpha value is -1.36. The molecule has 21 heavy (non-hydrogen) atoms. The Balaban J connectivity index is 2.43. The van der Waals surface area contributed by atoms with Crippen LogP contribution in [0.25, 0.3) is 0 Å². The topological polar surface area (TPSA) is 66.4 Å². The number of carbonyl (C=O) groups is 2. The number of hydrogen-bond donors (Lipinski definition) is 2. The lowest BCUT2D eigenvalue weighted by atomic mass is 9.96. The zero-order chi connectivity index (χ0) is 15.8. The fourth-order valence-corrected chi connectivity index (χ4v) is 2.72. The first-order valence-electron chi connectivity index (χ1n) is 7.20. The van der Waals surface area contributed by atoms with Crippen LogP contribution in [0.2, 0.25) is 0 Å². The first kappa shape index (κ1) is 17.7. The Morgan fingerprint density at radius 1 is 1.33 bits per heavy atom. The molecule has 0 aliphatic carbocycles. The van der Waals surface area contributed by atoms with Crippen LogP contribution < -0.4 is 5.32 Å². The second-order valence-corrected chi connectivity index (χ2v) is 6.13. The molecule has 1 rings (SSSR count). The first-order valence-corrected chi connectivity index (χ1v) is 7.99. The van der Waals surface area contributed by atoms with Crippen molar-refractivity contribution in [2.45, 2.75) is 39.5 Å². The molecule has 1 aromatic rings. The van der Waals surface area contributed by atoms with Gasteiger partial charge in [-0.2, -0.15) is 0 Å². The number of halogens is 1. The molecule has 1 atom stereocenters. The second-order valence-electron chi connectivity index (χ2n) is 5.21. The van der Waals surface area contributed by atoms with Crippen molar-refractivity contribution in [2.24, 2.45) is 5.92 Å². The van der Waals surface area contributed by atoms with Gasteiger partial charge in [0.2, 0.25) is 0 Å². The third-order valence-electron chi connectivity index (χ3n) is 3.62. The fourth-order valence-electron chi connectivity index (χ4n) is 2.25. The number of carbonyl (C=O) groups excluding carboxylic acids is 1. The molecule has 0 bridgehead atoms. The molecule has 1 amide bonds. The summed E-state index contributed by atoms with van der Waals surface area (Å²) in [6.07, 6.45) is 2.60. The molecule has 5 heteroatoms. The smallest absolute Gasteiger partial charge is 0.303 e. The van der Waals surface area contributed by atoms with E-state index in [1.807, 2.05) is 26.0 Å². The molecule has 2 N–H and O–H groups in total. The maximum atomic E-state index is 12.1. The standard InChI is InChI=1S/C16H22BrNO3/c1-3-12(4-7-15(19)20)8-9-18-16(21)14-6-5-13(17)10-11(14)2/h5-6,10,12H,3-4,7-9H2,1-2H3,(H,18,21)(H,19,20). The number of rotatable bonds is 8. The molecular weight excluding hydrogens is 334 g/mol. The molecule has 0 aromatic heterocycles. The quantitative estimate of drug-likeness (QED) is 0.745. The van der Waals surface area contributed by atoms with E-state index in [9.17, 15) is 9.59 Å². The zero-order valence-corrected chi connectivity index (χ0v) is 14.1. The highest BCUT2D eigenvalue weighted by Crippen LogP contribution is 2.17. The molecule has 1 unspecified atom stereocenters. The van der Waals surface area contributed by atoms with Gasteiger partial charge in [0.1, 0.15) is 0 Å². The van der Waals surface area contributed by atoms with Gasteiger partial charge in [0.05, 0.1) is 0 Å². The van der Waals surface area contributed by atoms with E-state index < -0.39 is 5.97 Å². The normalized spacial score (nSPS) is 12.0. The number of hydrogen-bond acceptors (Lipinski definition) is 2. The predicted molar refractivity (Wildman–Crippen MR) is 86.5 cm³/mol. The van der Waals surface area contributed by atoms with Crippen molar-refractivity contribution in [1.29, 1.82) is 0 Å². The van der Waals surface area contributed by atoms with Crippen molar-refractivity contribution >= 4 is 27.8 Å². The van der Waals surface area contributed by atoms with Crippen LogP contribution in [-0.2, 0) is 4.79 Å². The molecule has 1 aromatic carbocycles. The van der Waals surface area contributed by atoms with Crippen LogP contribution in [0.3, 0.4) is 0 Å². The highest BCUT2D eigenvalue weighted by atomic mass is 79.9. The molecule has 0 aliphatic rings. The average molecular weight is 356 g/mol. The van der Waals surface area contributed by atoms with E-state index in [0.29, 0.717) is 24.4 Å². The highest BCUT2D eigenvalue weighted by molar-refractivity contribution is 9.10. The number of aryl methyl sites for hydroxylation is 1. The van der Waals surface area contributed by atoms with Crippen molar-refractivity contribution < 1.29 is 14.7 Å². The van der Waals surface area contributed by atoms with E-state index in [4.69, 9.17) is 5.11 Å². The predicted octanol–water partition coefficient (Wildman–Crippen LogP) is 3.77. The number of amides is 1. The Labute approximate surface area is 134 Å². The van der Waals surface area contributed by atoms with Crippen LogP contribution in [-0.4, -0.2) is 23.5 Å². The number of benzene rings is 1. The lowest BCUT2D eigenvalue weighted by Gasteiger charge is -2.14. The number of carboxylic acid groups (broad SMARTS) is 1. The zero-order valence-electron chi connectivity index (χ0n) is 12.5. The average Bonchev–Trinajstić information content (AvgIpc) is 2.42. The minimum Gasteiger partial charge on any atom is -0.481 e. The van der Waals surface area contributed by atoms with Gasteiger partial charge in [-0.3, -0.25) is 9.59 Å². The molecule has 0 saturated heterocycles. The van der Waals surface area contributed by atoms with Gasteiger partial charge in [0.15, 0.2) is 0 Å². The highest BCUT2D eigenvalue weighted by Gasteiger charge is 2.11. The molecule has 4 nitrogen and oxygen atoms in total. The van der Waals surface area contributed by atoms with Crippen LogP contribution in [0.5, 0.6) is 0 Å². The summed E-state index contributed by atoms with van der Waals surface area (Å²) in [4.78, 5) is 22.7. The summed E-state index contributed by atoms with van der Waals surface area (Å²) >= 11 is 3.38. The summed E-state index contributed by atoms with van der Waals surface area (Å²) in [5.41, 5.74) is 1.61. The van der Waals surface area contributed by atoms with Gasteiger partial charge in [-0.05, 0) is 49.4 Å². The lowest BCUT2D eigenvalue weighted by Crippen LogP contribution is -2.26. The fraction of sp³-hybridized carbons (Fsp3) is 0.500. The summed E-state index contributed by atoms with van der Waals surface area (Å²) in [6.45, 7) is 4.53. The van der Waals surface area contributed by atoms with Crippen LogP contribution in [0.15, 0.2) is 22.7 Å². The van der Waals surface area contributed by atoms with Gasteiger partial charge in [-0.25, -0.2) is 0 Å². The summed E-state index contributed by atoms with van der Waals surface area (Å²) in [6, 6.07) is 5.57. The third-order valence-corrected chi connectivity index (χ3v) is 4.11. The van der Waals surface area contributed by atoms with Crippen molar-refractivity contribution in [2.75, 3.05) is 6.54 Å². The number of carboxylic acids is 1. The van der Waals surface area contributed by atoms with Crippen molar-refractivity contribution in [3.05, 3.63) is 33.8 Å². The number of nitrogens with one attached hydrogen (secondary N) is 1. The largest absolute Gasteiger partial charge is 0.481 e. The van der Waals surface area contributed by atoms with E-state index in [0.717, 1.165) is 22.9 Å². The second kappa shape index (κ2) is 8.82. The minimum absolute atomic E-state index is 0.0758. The Kier molecular flexibility index (Phi) is 7.43. The third kappa shape index (κ3) is 6.29. The van der Waals surface area contributed by atoms with E-state index >= 15 is 0 Å². The Morgan fingerprint density at radius 2 is 2.05 bits per heavy atom. The SMILES string of the molecule is CCC(CCNC(=O)c1ccc(Br)cc1C)CCC(=O)O. The molecule has 0 aliphatic heterocycles. The lowest BCUT2D eigenvalue weighted by molar-refractivity contribution is -0.137. The van der Waals surface area contributed by atoms with Gasteiger partial charge in [0, 0.05) is 23.0 Å². The molecular formula is C16H22BrNO3. The summed E-state index contributed by atoms with van der Waals surface area (Å²) in [7, 11) is 0. The van der Waals surface area contributed by atoms with E-state index in [2.05, 4.69) is 21.2 Å². The number of aliphatic carboxylic acids is 1. The summed E-state index contributed by atoms with van der Waals surface area (Å²) in [5.74, 6) is -0.497. The molecule has 0 saturated carbocycles. The molecule has 0 spiro atoms. The molecule has 0 heterocycles. The summed E-state index contributed by atoms with van der Waals surface area (Å²) in [5, 5.41) is 11.6. The van der Waals surface area contributed by atoms with Crippen LogP contribution in [0, 0.1) is 12.8 Å². The van der Waals surface area contributed by atoms with E-state index in [1.165, 1.54) is 0 Å². The van der Waals surface area contributed by atoms with E-state index in [-0.39, 0.29) is 12.3 Å². The van der Waals surface area contributed by atoms with Gasteiger partial charge in [-0.1, -0.05) is 29.3 Å². The van der Waals surface area contributed by atoms with Crippen LogP contribution in [0.1, 0.15) is 48.5 Å². The maximum absolute atomic E-state index is 12.1. The van der Waals surface area contributed by atoms with Gasteiger partial charge in [0.25, 0.3) is 5.91 Å². The monoisotopic (exact) mass is 355 g/mol. The van der Waals surface area contributed by atoms with Crippen molar-refractivity contribution in [3.8, 4) is 0 Å². The molecule has 116 valence electrons. The molecule has 0 radical (unpaired) electrons. The van der Waals surface area contributed by atoms with Gasteiger partial charge in [-0.15, -0.1) is 0 Å². The van der Waals surface area contributed by atoms with Crippen LogP contribution >= 0.6 is 15.9 Å². The van der Waals surface area contributed by atoms with E-state index in [1.54, 1.807) is 6.07 Å². The molecule has 0 fully saturated rings. The first-order chi connectivity index (χ1) is 9.93. The van der Waals surface area contributed by atoms with Gasteiger partial charge < -0.3 is 10.4 Å². The minimum atomic E-state index is -0.761.